The molecular formula is C12H18N4O. The molecule has 5 heteroatoms. The van der Waals surface area contributed by atoms with Crippen molar-refractivity contribution in [3.8, 4) is 0 Å². The third-order valence-corrected chi connectivity index (χ3v) is 2.84. The molecule has 1 unspecified atom stereocenters. The first-order chi connectivity index (χ1) is 8.25. The second kappa shape index (κ2) is 5.63. The fourth-order valence-electron chi connectivity index (χ4n) is 1.67. The lowest BCUT2D eigenvalue weighted by Gasteiger charge is -2.12. The summed E-state index contributed by atoms with van der Waals surface area (Å²) in [7, 11) is 1.90. The highest BCUT2D eigenvalue weighted by Crippen LogP contribution is 2.06. The molecule has 0 aliphatic carbocycles. The van der Waals surface area contributed by atoms with E-state index in [1.165, 1.54) is 0 Å². The predicted molar refractivity (Wildman–Crippen MR) is 64.3 cm³/mol. The van der Waals surface area contributed by atoms with Crippen molar-refractivity contribution in [3.63, 3.8) is 0 Å². The predicted octanol–water partition coefficient (Wildman–Crippen LogP) is 1.52. The molecule has 0 amide bonds. The molecule has 1 atom stereocenters. The standard InChI is InChI=1S/C12H18N4O/c1-10(5-6-12-4-3-7-17-12)13-8-11-9-14-15-16(11)2/h3-4,7,9-10,13H,5-6,8H2,1-2H3. The van der Waals surface area contributed by atoms with Crippen LogP contribution in [0.5, 0.6) is 0 Å². The molecule has 5 nitrogen and oxygen atoms in total. The average molecular weight is 234 g/mol. The van der Waals surface area contributed by atoms with Crippen LogP contribution in [0.15, 0.2) is 29.0 Å². The van der Waals surface area contributed by atoms with Crippen molar-refractivity contribution in [1.29, 1.82) is 0 Å². The topological polar surface area (TPSA) is 55.9 Å². The number of hydrogen-bond donors (Lipinski definition) is 1. The Balaban J connectivity index is 1.71. The minimum atomic E-state index is 0.440. The third-order valence-electron chi connectivity index (χ3n) is 2.84. The Morgan fingerprint density at radius 2 is 2.41 bits per heavy atom. The van der Waals surface area contributed by atoms with E-state index in [1.807, 2.05) is 19.2 Å². The zero-order valence-electron chi connectivity index (χ0n) is 10.3. The zero-order valence-corrected chi connectivity index (χ0v) is 10.3. The number of nitrogens with zero attached hydrogens (tertiary/aromatic N) is 3. The highest BCUT2D eigenvalue weighted by Gasteiger charge is 2.05. The summed E-state index contributed by atoms with van der Waals surface area (Å²) in [5.74, 6) is 1.04. The van der Waals surface area contributed by atoms with E-state index >= 15 is 0 Å². The smallest absolute Gasteiger partial charge is 0.103 e. The van der Waals surface area contributed by atoms with Gasteiger partial charge in [0.05, 0.1) is 18.2 Å². The van der Waals surface area contributed by atoms with Gasteiger partial charge in [0.25, 0.3) is 0 Å². The Morgan fingerprint density at radius 3 is 3.06 bits per heavy atom. The Labute approximate surface area is 101 Å². The number of furan rings is 1. The molecule has 0 saturated carbocycles. The first-order valence-corrected chi connectivity index (χ1v) is 5.85. The Hall–Kier alpha value is -1.62. The highest BCUT2D eigenvalue weighted by atomic mass is 16.3. The molecule has 0 spiro atoms. The van der Waals surface area contributed by atoms with Crippen LogP contribution in [0, 0.1) is 0 Å². The van der Waals surface area contributed by atoms with E-state index in [4.69, 9.17) is 4.42 Å². The van der Waals surface area contributed by atoms with Gasteiger partial charge in [-0.3, -0.25) is 4.68 Å². The summed E-state index contributed by atoms with van der Waals surface area (Å²) in [5, 5.41) is 11.2. The molecule has 2 aromatic heterocycles. The summed E-state index contributed by atoms with van der Waals surface area (Å²) in [5.41, 5.74) is 1.09. The molecule has 0 aromatic carbocycles. The van der Waals surface area contributed by atoms with Gasteiger partial charge >= 0.3 is 0 Å². The van der Waals surface area contributed by atoms with Gasteiger partial charge in [0, 0.05) is 26.1 Å². The quantitative estimate of drug-likeness (QED) is 0.823. The van der Waals surface area contributed by atoms with Crippen LogP contribution in [0.2, 0.25) is 0 Å². The number of hydrogen-bond acceptors (Lipinski definition) is 4. The molecule has 1 N–H and O–H groups in total. The van der Waals surface area contributed by atoms with Gasteiger partial charge in [-0.2, -0.15) is 0 Å². The molecule has 2 heterocycles. The maximum absolute atomic E-state index is 5.30. The van der Waals surface area contributed by atoms with Gasteiger partial charge in [-0.25, -0.2) is 0 Å². The zero-order chi connectivity index (χ0) is 12.1. The van der Waals surface area contributed by atoms with Crippen LogP contribution < -0.4 is 5.32 Å². The van der Waals surface area contributed by atoms with Crippen molar-refractivity contribution in [2.24, 2.45) is 7.05 Å². The molecule has 0 bridgehead atoms. The normalized spacial score (nSPS) is 12.8. The second-order valence-corrected chi connectivity index (χ2v) is 4.25. The van der Waals surface area contributed by atoms with Crippen LogP contribution in [0.25, 0.3) is 0 Å². The first kappa shape index (κ1) is 11.9. The lowest BCUT2D eigenvalue weighted by atomic mass is 10.1. The van der Waals surface area contributed by atoms with E-state index in [0.717, 1.165) is 30.8 Å². The average Bonchev–Trinajstić information content (AvgIpc) is 2.95. The van der Waals surface area contributed by atoms with Crippen molar-refractivity contribution in [3.05, 3.63) is 36.0 Å². The molecule has 0 saturated heterocycles. The van der Waals surface area contributed by atoms with Crippen molar-refractivity contribution in [2.75, 3.05) is 0 Å². The molecule has 92 valence electrons. The largest absolute Gasteiger partial charge is 0.469 e. The molecule has 0 radical (unpaired) electrons. The van der Waals surface area contributed by atoms with Crippen LogP contribution in [-0.4, -0.2) is 21.0 Å². The molecule has 0 aliphatic heterocycles. The van der Waals surface area contributed by atoms with E-state index in [2.05, 4.69) is 22.6 Å². The minimum absolute atomic E-state index is 0.440. The number of aromatic nitrogens is 3. The summed E-state index contributed by atoms with van der Waals surface area (Å²) in [4.78, 5) is 0. The van der Waals surface area contributed by atoms with Crippen molar-refractivity contribution < 1.29 is 4.42 Å². The Morgan fingerprint density at radius 1 is 1.53 bits per heavy atom. The molecule has 0 fully saturated rings. The monoisotopic (exact) mass is 234 g/mol. The number of nitrogens with one attached hydrogen (secondary N) is 1. The molecule has 0 aliphatic rings. The molecule has 17 heavy (non-hydrogen) atoms. The van der Waals surface area contributed by atoms with Crippen LogP contribution in [0.3, 0.4) is 0 Å². The van der Waals surface area contributed by atoms with E-state index in [0.29, 0.717) is 6.04 Å². The SMILES string of the molecule is CC(CCc1ccco1)NCc1cnnn1C. The van der Waals surface area contributed by atoms with Crippen LogP contribution in [0.4, 0.5) is 0 Å². The van der Waals surface area contributed by atoms with Crippen LogP contribution in [-0.2, 0) is 20.0 Å². The van der Waals surface area contributed by atoms with E-state index in [1.54, 1.807) is 17.1 Å². The Bertz CT molecular complexity index is 435. The van der Waals surface area contributed by atoms with E-state index < -0.39 is 0 Å². The van der Waals surface area contributed by atoms with Crippen LogP contribution >= 0.6 is 0 Å². The second-order valence-electron chi connectivity index (χ2n) is 4.25. The van der Waals surface area contributed by atoms with Crippen molar-refractivity contribution in [2.45, 2.75) is 32.4 Å². The Kier molecular flexibility index (Phi) is 3.93. The van der Waals surface area contributed by atoms with Gasteiger partial charge < -0.3 is 9.73 Å². The fraction of sp³-hybridized carbons (Fsp3) is 0.500. The maximum atomic E-state index is 5.30. The third kappa shape index (κ3) is 3.42. The first-order valence-electron chi connectivity index (χ1n) is 5.85. The van der Waals surface area contributed by atoms with Crippen molar-refractivity contribution in [1.82, 2.24) is 20.3 Å². The summed E-state index contributed by atoms with van der Waals surface area (Å²) in [6.45, 7) is 2.97. The van der Waals surface area contributed by atoms with Gasteiger partial charge in [0.15, 0.2) is 0 Å². The molecular weight excluding hydrogens is 216 g/mol. The van der Waals surface area contributed by atoms with Gasteiger partial charge in [0.1, 0.15) is 5.76 Å². The summed E-state index contributed by atoms with van der Waals surface area (Å²) in [6, 6.07) is 4.38. The minimum Gasteiger partial charge on any atom is -0.469 e. The summed E-state index contributed by atoms with van der Waals surface area (Å²) >= 11 is 0. The fourth-order valence-corrected chi connectivity index (χ4v) is 1.67. The van der Waals surface area contributed by atoms with Crippen molar-refractivity contribution >= 4 is 0 Å². The van der Waals surface area contributed by atoms with E-state index in [-0.39, 0.29) is 0 Å². The number of aryl methyl sites for hydroxylation is 2. The highest BCUT2D eigenvalue weighted by molar-refractivity contribution is 4.98. The number of rotatable bonds is 6. The summed E-state index contributed by atoms with van der Waals surface area (Å²) in [6.07, 6.45) is 5.52. The molecule has 2 aromatic rings. The summed E-state index contributed by atoms with van der Waals surface area (Å²) < 4.78 is 7.09. The molecule has 2 rings (SSSR count). The van der Waals surface area contributed by atoms with Gasteiger partial charge in [-0.15, -0.1) is 5.10 Å². The van der Waals surface area contributed by atoms with E-state index in [9.17, 15) is 0 Å². The van der Waals surface area contributed by atoms with Crippen LogP contribution in [0.1, 0.15) is 24.8 Å². The lowest BCUT2D eigenvalue weighted by molar-refractivity contribution is 0.455. The lowest BCUT2D eigenvalue weighted by Crippen LogP contribution is -2.26. The van der Waals surface area contributed by atoms with Gasteiger partial charge in [-0.05, 0) is 25.5 Å². The van der Waals surface area contributed by atoms with Gasteiger partial charge in [-0.1, -0.05) is 5.21 Å². The maximum Gasteiger partial charge on any atom is 0.103 e. The van der Waals surface area contributed by atoms with Gasteiger partial charge in [0.2, 0.25) is 0 Å².